The number of hydrogen-bond donors (Lipinski definition) is 4. The van der Waals surface area contributed by atoms with Gasteiger partial charge in [0.15, 0.2) is 5.82 Å². The normalized spacial score (nSPS) is 12.2. The van der Waals surface area contributed by atoms with Gasteiger partial charge in [0.2, 0.25) is 12.0 Å². The monoisotopic (exact) mass is 838 g/mol. The first-order chi connectivity index (χ1) is 28.5. The minimum atomic E-state index is -1.53. The molecule has 302 valence electrons. The van der Waals surface area contributed by atoms with E-state index in [0.29, 0.717) is 65.7 Å². The van der Waals surface area contributed by atoms with Crippen LogP contribution in [0, 0.1) is 12.7 Å². The number of nitrogens with zero attached hydrogens (tertiary/aromatic N) is 4. The van der Waals surface area contributed by atoms with Crippen molar-refractivity contribution in [3.8, 4) is 61.8 Å². The number of rotatable bonds is 16. The molecule has 0 saturated carbocycles. The zero-order chi connectivity index (χ0) is 41.6. The number of thiophene rings is 1. The van der Waals surface area contributed by atoms with Crippen LogP contribution in [-0.2, 0) is 17.8 Å². The van der Waals surface area contributed by atoms with Crippen molar-refractivity contribution in [3.05, 3.63) is 125 Å². The molecule has 59 heavy (non-hydrogen) atoms. The molecule has 0 aliphatic heterocycles. The maximum atomic E-state index is 14.1. The van der Waals surface area contributed by atoms with Crippen molar-refractivity contribution in [1.82, 2.24) is 19.9 Å². The molecule has 0 radical (unpaired) electrons. The van der Waals surface area contributed by atoms with Gasteiger partial charge in [0.1, 0.15) is 59.3 Å². The first-order valence-electron chi connectivity index (χ1n) is 18.1. The Kier molecular flexibility index (Phi) is 12.5. The Morgan fingerprint density at radius 2 is 1.71 bits per heavy atom. The lowest BCUT2D eigenvalue weighted by atomic mass is 9.96. The van der Waals surface area contributed by atoms with Crippen LogP contribution in [0.2, 0.25) is 5.02 Å². The van der Waals surface area contributed by atoms with E-state index < -0.39 is 30.6 Å². The molecule has 0 fully saturated rings. The van der Waals surface area contributed by atoms with Gasteiger partial charge in [0.25, 0.3) is 0 Å². The number of fused-ring (bicyclic) bond motifs is 1. The first-order valence-corrected chi connectivity index (χ1v) is 19.3. The van der Waals surface area contributed by atoms with E-state index in [4.69, 9.17) is 30.5 Å². The zero-order valence-corrected chi connectivity index (χ0v) is 33.1. The lowest BCUT2D eigenvalue weighted by Gasteiger charge is -2.19. The molecule has 16 heteroatoms. The fraction of sp³-hybridized carbons (Fsp3) is 0.186. The van der Waals surface area contributed by atoms with E-state index >= 15 is 0 Å². The van der Waals surface area contributed by atoms with E-state index in [9.17, 15) is 29.6 Å². The summed E-state index contributed by atoms with van der Waals surface area (Å²) in [4.78, 5) is 32.0. The van der Waals surface area contributed by atoms with Crippen LogP contribution in [0.1, 0.15) is 16.8 Å². The SMILES string of the molecule is COc1ccccc1-c1nccc(COc2ccc(O)cc2CC(Oc2ncnc3sc(-c4ccc(F)cc4)c(-c4ccc(OC[C@H](O)CO)c(Cl)c4C)c23)C(=O)O)n1. The van der Waals surface area contributed by atoms with E-state index in [0.717, 1.165) is 0 Å². The predicted octanol–water partition coefficient (Wildman–Crippen LogP) is 7.68. The highest BCUT2D eigenvalue weighted by molar-refractivity contribution is 7.22. The average molecular weight is 839 g/mol. The van der Waals surface area contributed by atoms with E-state index in [2.05, 4.69) is 19.9 Å². The van der Waals surface area contributed by atoms with Crippen molar-refractivity contribution in [1.29, 1.82) is 0 Å². The highest BCUT2D eigenvalue weighted by Crippen LogP contribution is 2.49. The predicted molar refractivity (Wildman–Crippen MR) is 219 cm³/mol. The van der Waals surface area contributed by atoms with Gasteiger partial charge >= 0.3 is 5.97 Å². The Bertz CT molecular complexity index is 2630. The van der Waals surface area contributed by atoms with E-state index in [-0.39, 0.29) is 47.8 Å². The molecule has 2 atom stereocenters. The molecule has 13 nitrogen and oxygen atoms in total. The minimum absolute atomic E-state index is 0.00818. The van der Waals surface area contributed by atoms with Crippen LogP contribution >= 0.6 is 22.9 Å². The number of aliphatic carboxylic acids is 1. The maximum absolute atomic E-state index is 14.1. The van der Waals surface area contributed by atoms with Crippen molar-refractivity contribution in [2.45, 2.75) is 32.2 Å². The highest BCUT2D eigenvalue weighted by Gasteiger charge is 2.28. The van der Waals surface area contributed by atoms with Crippen LogP contribution in [0.4, 0.5) is 4.39 Å². The number of aliphatic hydroxyl groups excluding tert-OH is 2. The van der Waals surface area contributed by atoms with E-state index in [1.54, 1.807) is 56.6 Å². The summed E-state index contributed by atoms with van der Waals surface area (Å²) in [5.41, 5.74) is 3.93. The van der Waals surface area contributed by atoms with Gasteiger partial charge in [-0.3, -0.25) is 0 Å². The molecular formula is C43H36ClFN4O9S. The number of carboxylic acids is 1. The van der Waals surface area contributed by atoms with Crippen LogP contribution in [0.15, 0.2) is 97.5 Å². The molecule has 0 aliphatic rings. The molecular weight excluding hydrogens is 803 g/mol. The molecule has 0 spiro atoms. The van der Waals surface area contributed by atoms with E-state index in [1.807, 2.05) is 18.2 Å². The Hall–Kier alpha value is -6.39. The molecule has 0 saturated heterocycles. The molecule has 0 amide bonds. The third kappa shape index (κ3) is 9.03. The number of methoxy groups -OCH3 is 1. The summed E-state index contributed by atoms with van der Waals surface area (Å²) < 4.78 is 37.7. The van der Waals surface area contributed by atoms with Crippen LogP contribution in [-0.4, -0.2) is 78.9 Å². The number of benzene rings is 4. The number of carboxylic acid groups (broad SMARTS) is 1. The van der Waals surface area contributed by atoms with Crippen LogP contribution in [0.3, 0.4) is 0 Å². The topological polar surface area (TPSA) is 186 Å². The third-order valence-corrected chi connectivity index (χ3v) is 10.9. The van der Waals surface area contributed by atoms with Crippen LogP contribution in [0.5, 0.6) is 28.9 Å². The molecule has 1 unspecified atom stereocenters. The van der Waals surface area contributed by atoms with Gasteiger partial charge < -0.3 is 39.4 Å². The number of halogens is 2. The fourth-order valence-corrected chi connectivity index (χ4v) is 7.68. The quantitative estimate of drug-likeness (QED) is 0.0743. The Labute approximate surface area is 345 Å². The minimum Gasteiger partial charge on any atom is -0.508 e. The highest BCUT2D eigenvalue weighted by atomic mass is 35.5. The summed E-state index contributed by atoms with van der Waals surface area (Å²) >= 11 is 8.08. The lowest BCUT2D eigenvalue weighted by Crippen LogP contribution is -2.30. The fourth-order valence-electron chi connectivity index (χ4n) is 6.31. The van der Waals surface area contributed by atoms with Crippen LogP contribution < -0.4 is 18.9 Å². The Balaban J connectivity index is 1.23. The average Bonchev–Trinajstić information content (AvgIpc) is 3.64. The van der Waals surface area contributed by atoms with Crippen LogP contribution in [0.25, 0.3) is 43.2 Å². The second-order valence-electron chi connectivity index (χ2n) is 13.2. The first kappa shape index (κ1) is 40.8. The van der Waals surface area contributed by atoms with Crippen molar-refractivity contribution in [2.24, 2.45) is 0 Å². The number of aromatic nitrogens is 4. The largest absolute Gasteiger partial charge is 0.508 e. The molecule has 3 heterocycles. The number of phenols is 1. The second kappa shape index (κ2) is 18.0. The standard InChI is InChI=1S/C43H36ClFN4O9S/c1-23-30(12-14-34(38(23)44)57-21-29(52)19-50)36-37-41(47-22-48-42(37)59-39(36)24-7-9-26(45)10-8-24)58-35(43(53)54)18-25-17-28(51)11-13-32(25)56-20-27-15-16-46-40(49-27)31-5-3-4-6-33(31)55-2/h3-17,22,29,35,50-52H,18-21H2,1-2H3,(H,53,54)/t29-,35?/m1/s1. The van der Waals surface area contributed by atoms with Gasteiger partial charge in [-0.05, 0) is 78.2 Å². The van der Waals surface area contributed by atoms with Gasteiger partial charge in [-0.1, -0.05) is 41.9 Å². The number of ether oxygens (including phenoxy) is 4. The van der Waals surface area contributed by atoms with Gasteiger partial charge in [-0.15, -0.1) is 11.3 Å². The molecule has 3 aromatic heterocycles. The maximum Gasteiger partial charge on any atom is 0.345 e. The van der Waals surface area contributed by atoms with Crippen molar-refractivity contribution in [2.75, 3.05) is 20.3 Å². The number of para-hydroxylation sites is 1. The van der Waals surface area contributed by atoms with Gasteiger partial charge in [0.05, 0.1) is 35.4 Å². The summed E-state index contributed by atoms with van der Waals surface area (Å²) in [6.07, 6.45) is -0.0336. The van der Waals surface area contributed by atoms with Crippen molar-refractivity contribution in [3.63, 3.8) is 0 Å². The zero-order valence-electron chi connectivity index (χ0n) is 31.5. The molecule has 7 rings (SSSR count). The number of aliphatic hydroxyl groups is 2. The summed E-state index contributed by atoms with van der Waals surface area (Å²) in [5, 5.41) is 40.7. The Morgan fingerprint density at radius 3 is 2.47 bits per heavy atom. The third-order valence-electron chi connectivity index (χ3n) is 9.24. The van der Waals surface area contributed by atoms with Gasteiger partial charge in [-0.2, -0.15) is 0 Å². The molecule has 0 bridgehead atoms. The summed E-state index contributed by atoms with van der Waals surface area (Å²) in [5.74, 6) is -0.316. The number of carbonyl (C=O) groups is 1. The summed E-state index contributed by atoms with van der Waals surface area (Å²) in [6, 6.07) is 22.6. The number of hydrogen-bond acceptors (Lipinski definition) is 13. The van der Waals surface area contributed by atoms with Gasteiger partial charge in [-0.25, -0.2) is 29.1 Å². The summed E-state index contributed by atoms with van der Waals surface area (Å²) in [6.45, 7) is 1.06. The van der Waals surface area contributed by atoms with Crippen molar-refractivity contribution >= 4 is 39.1 Å². The molecule has 4 aromatic carbocycles. The molecule has 7 aromatic rings. The molecule has 0 aliphatic carbocycles. The molecule has 4 N–H and O–H groups in total. The number of phenolic OH excluding ortho intramolecular Hbond substituents is 1. The number of aromatic hydroxyl groups is 1. The lowest BCUT2D eigenvalue weighted by molar-refractivity contribution is -0.145. The second-order valence-corrected chi connectivity index (χ2v) is 14.5. The summed E-state index contributed by atoms with van der Waals surface area (Å²) in [7, 11) is 1.56. The Morgan fingerprint density at radius 1 is 0.932 bits per heavy atom. The van der Waals surface area contributed by atoms with Crippen molar-refractivity contribution < 1.29 is 48.6 Å². The smallest absolute Gasteiger partial charge is 0.345 e. The van der Waals surface area contributed by atoms with E-state index in [1.165, 1.54) is 48.0 Å². The van der Waals surface area contributed by atoms with Gasteiger partial charge in [0, 0.05) is 28.6 Å².